The van der Waals surface area contributed by atoms with Gasteiger partial charge in [0, 0.05) is 10.4 Å². The van der Waals surface area contributed by atoms with E-state index in [0.29, 0.717) is 5.71 Å². The number of nitrogens with zero attached hydrogens (tertiary/aromatic N) is 3. The summed E-state index contributed by atoms with van der Waals surface area (Å²) in [4.78, 5) is 11.5. The number of methoxy groups -OCH3 is 1. The average Bonchev–Trinajstić information content (AvgIpc) is 2.76. The first-order valence-electron chi connectivity index (χ1n) is 6.17. The van der Waals surface area contributed by atoms with Crippen LogP contribution in [0.15, 0.2) is 33.8 Å². The lowest BCUT2D eigenvalue weighted by atomic mass is 9.95. The summed E-state index contributed by atoms with van der Waals surface area (Å²) in [5.41, 5.74) is 1.28. The van der Waals surface area contributed by atoms with Crippen LogP contribution in [0.1, 0.15) is 13.3 Å². The number of hydrogen-bond acceptors (Lipinski definition) is 5. The number of benzene rings is 1. The maximum Gasteiger partial charge on any atom is 0.307 e. The van der Waals surface area contributed by atoms with E-state index in [-0.39, 0.29) is 24.3 Å². The minimum absolute atomic E-state index is 0.109. The zero-order valence-electron chi connectivity index (χ0n) is 11.2. The predicted octanol–water partition coefficient (Wildman–Crippen LogP) is 2.72. The third kappa shape index (κ3) is 2.83. The van der Waals surface area contributed by atoms with Crippen molar-refractivity contribution in [3.8, 4) is 6.07 Å². The zero-order chi connectivity index (χ0) is 14.7. The molecule has 5 nitrogen and oxygen atoms in total. The maximum absolute atomic E-state index is 11.5. The van der Waals surface area contributed by atoms with Gasteiger partial charge in [0.25, 0.3) is 0 Å². The summed E-state index contributed by atoms with van der Waals surface area (Å²) in [5, 5.41) is 15.2. The molecule has 20 heavy (non-hydrogen) atoms. The van der Waals surface area contributed by atoms with Crippen molar-refractivity contribution < 1.29 is 9.53 Å². The van der Waals surface area contributed by atoms with Crippen LogP contribution in [0.4, 0.5) is 5.69 Å². The van der Waals surface area contributed by atoms with E-state index in [1.165, 1.54) is 7.11 Å². The quantitative estimate of drug-likeness (QED) is 0.796. The van der Waals surface area contributed by atoms with Crippen molar-refractivity contribution in [2.45, 2.75) is 19.4 Å². The van der Waals surface area contributed by atoms with Crippen molar-refractivity contribution in [1.29, 1.82) is 5.26 Å². The second kappa shape index (κ2) is 6.06. The van der Waals surface area contributed by atoms with Gasteiger partial charge in [0.2, 0.25) is 0 Å². The Labute approximate surface area is 126 Å². The van der Waals surface area contributed by atoms with E-state index in [9.17, 15) is 4.79 Å². The van der Waals surface area contributed by atoms with Gasteiger partial charge in [0.1, 0.15) is 11.8 Å². The molecule has 0 amide bonds. The normalized spacial score (nSPS) is 21.3. The van der Waals surface area contributed by atoms with Gasteiger partial charge in [-0.05, 0) is 24.3 Å². The molecular formula is C14H14BrN3O2. The molecule has 1 aliphatic rings. The molecule has 0 saturated heterocycles. The molecule has 2 atom stereocenters. The van der Waals surface area contributed by atoms with Gasteiger partial charge < -0.3 is 4.74 Å². The number of carbonyl (C=O) groups is 1. The molecule has 0 saturated carbocycles. The molecule has 6 heteroatoms. The van der Waals surface area contributed by atoms with Crippen LogP contribution in [-0.2, 0) is 9.53 Å². The van der Waals surface area contributed by atoms with Gasteiger partial charge >= 0.3 is 5.97 Å². The highest BCUT2D eigenvalue weighted by atomic mass is 79.9. The molecule has 0 radical (unpaired) electrons. The van der Waals surface area contributed by atoms with E-state index in [1.807, 2.05) is 31.2 Å². The van der Waals surface area contributed by atoms with E-state index >= 15 is 0 Å². The number of carbonyl (C=O) groups excluding carboxylic acids is 1. The van der Waals surface area contributed by atoms with Crippen LogP contribution >= 0.6 is 15.9 Å². The molecule has 1 aliphatic heterocycles. The Balaban J connectivity index is 2.31. The second-order valence-corrected chi connectivity index (χ2v) is 5.47. The van der Waals surface area contributed by atoms with Gasteiger partial charge in [-0.15, -0.1) is 0 Å². The highest BCUT2D eigenvalue weighted by Gasteiger charge is 2.36. The SMILES string of the molecule is COC(=O)CC1C(C)C(C#N)=NN1c1ccc(Br)cc1. The number of hydrazone groups is 1. The van der Waals surface area contributed by atoms with Crippen molar-refractivity contribution in [3.05, 3.63) is 28.7 Å². The topological polar surface area (TPSA) is 65.7 Å². The third-order valence-corrected chi connectivity index (χ3v) is 3.88. The summed E-state index contributed by atoms with van der Waals surface area (Å²) in [7, 11) is 1.36. The Hall–Kier alpha value is -1.87. The Morgan fingerprint density at radius 1 is 1.50 bits per heavy atom. The van der Waals surface area contributed by atoms with Gasteiger partial charge in [-0.2, -0.15) is 10.4 Å². The molecule has 104 valence electrons. The molecule has 2 unspecified atom stereocenters. The molecule has 2 rings (SSSR count). The third-order valence-electron chi connectivity index (χ3n) is 3.35. The van der Waals surface area contributed by atoms with Crippen LogP contribution in [0.5, 0.6) is 0 Å². The first-order chi connectivity index (χ1) is 9.56. The molecule has 0 fully saturated rings. The number of hydrogen-bond donors (Lipinski definition) is 0. The highest BCUT2D eigenvalue weighted by Crippen LogP contribution is 2.31. The van der Waals surface area contributed by atoms with Crippen molar-refractivity contribution in [1.82, 2.24) is 0 Å². The van der Waals surface area contributed by atoms with Crippen LogP contribution in [0.2, 0.25) is 0 Å². The van der Waals surface area contributed by atoms with Crippen LogP contribution in [0, 0.1) is 17.2 Å². The summed E-state index contributed by atoms with van der Waals surface area (Å²) in [6, 6.07) is 9.48. The zero-order valence-corrected chi connectivity index (χ0v) is 12.8. The number of esters is 1. The first kappa shape index (κ1) is 14.5. The lowest BCUT2D eigenvalue weighted by Crippen LogP contribution is -2.34. The van der Waals surface area contributed by atoms with Gasteiger partial charge in [-0.3, -0.25) is 9.80 Å². The highest BCUT2D eigenvalue weighted by molar-refractivity contribution is 9.10. The lowest BCUT2D eigenvalue weighted by molar-refractivity contribution is -0.141. The van der Waals surface area contributed by atoms with Crippen LogP contribution in [0.3, 0.4) is 0 Å². The van der Waals surface area contributed by atoms with E-state index in [2.05, 4.69) is 27.1 Å². The lowest BCUT2D eigenvalue weighted by Gasteiger charge is -2.25. The van der Waals surface area contributed by atoms with Crippen molar-refractivity contribution in [3.63, 3.8) is 0 Å². The van der Waals surface area contributed by atoms with E-state index in [0.717, 1.165) is 10.2 Å². The van der Waals surface area contributed by atoms with Crippen molar-refractivity contribution in [2.24, 2.45) is 11.0 Å². The number of anilines is 1. The van der Waals surface area contributed by atoms with Crippen LogP contribution in [-0.4, -0.2) is 24.8 Å². The predicted molar refractivity (Wildman–Crippen MR) is 79.3 cm³/mol. The number of nitriles is 1. The Morgan fingerprint density at radius 2 is 2.15 bits per heavy atom. The summed E-state index contributed by atoms with van der Waals surface area (Å²) in [5.74, 6) is -0.416. The number of ether oxygens (including phenoxy) is 1. The molecular weight excluding hydrogens is 322 g/mol. The van der Waals surface area contributed by atoms with Crippen molar-refractivity contribution in [2.75, 3.05) is 12.1 Å². The monoisotopic (exact) mass is 335 g/mol. The number of halogens is 1. The fourth-order valence-electron chi connectivity index (χ4n) is 2.16. The summed E-state index contributed by atoms with van der Waals surface area (Å²) in [6.07, 6.45) is 0.197. The van der Waals surface area contributed by atoms with Crippen LogP contribution < -0.4 is 5.01 Å². The Bertz CT molecular complexity index is 577. The molecule has 1 aromatic carbocycles. The van der Waals surface area contributed by atoms with E-state index in [4.69, 9.17) is 10.00 Å². The first-order valence-corrected chi connectivity index (χ1v) is 6.96. The minimum atomic E-state index is -0.307. The fraction of sp³-hybridized carbons (Fsp3) is 0.357. The smallest absolute Gasteiger partial charge is 0.307 e. The molecule has 0 spiro atoms. The van der Waals surface area contributed by atoms with Gasteiger partial charge in [-0.25, -0.2) is 0 Å². The Kier molecular flexibility index (Phi) is 4.40. The standard InChI is InChI=1S/C14H14BrN3O2/c1-9-12(8-16)17-18(13(9)7-14(19)20-2)11-5-3-10(15)4-6-11/h3-6,9,13H,7H2,1-2H3. The fourth-order valence-corrected chi connectivity index (χ4v) is 2.42. The summed E-state index contributed by atoms with van der Waals surface area (Å²) in [6.45, 7) is 1.90. The molecule has 1 aromatic rings. The largest absolute Gasteiger partial charge is 0.469 e. The summed E-state index contributed by atoms with van der Waals surface area (Å²) < 4.78 is 5.69. The van der Waals surface area contributed by atoms with E-state index < -0.39 is 0 Å². The molecule has 0 bridgehead atoms. The Morgan fingerprint density at radius 3 is 2.70 bits per heavy atom. The van der Waals surface area contributed by atoms with Crippen molar-refractivity contribution >= 4 is 33.3 Å². The molecule has 0 N–H and O–H groups in total. The average molecular weight is 336 g/mol. The van der Waals surface area contributed by atoms with Gasteiger partial charge in [0.05, 0.1) is 25.3 Å². The maximum atomic E-state index is 11.5. The second-order valence-electron chi connectivity index (χ2n) is 4.55. The molecule has 0 aliphatic carbocycles. The molecule has 0 aromatic heterocycles. The van der Waals surface area contributed by atoms with E-state index in [1.54, 1.807) is 5.01 Å². The molecule has 1 heterocycles. The van der Waals surface area contributed by atoms with Gasteiger partial charge in [-0.1, -0.05) is 22.9 Å². The summed E-state index contributed by atoms with van der Waals surface area (Å²) >= 11 is 3.38. The minimum Gasteiger partial charge on any atom is -0.469 e. The van der Waals surface area contributed by atoms with Crippen LogP contribution in [0.25, 0.3) is 0 Å². The van der Waals surface area contributed by atoms with Gasteiger partial charge in [0.15, 0.2) is 0 Å². The number of rotatable bonds is 3.